The molecule has 0 spiro atoms. The maximum atomic E-state index is 12.4. The van der Waals surface area contributed by atoms with Crippen LogP contribution in [0.2, 0.25) is 0 Å². The van der Waals surface area contributed by atoms with Gasteiger partial charge in [0.1, 0.15) is 23.1 Å². The van der Waals surface area contributed by atoms with Gasteiger partial charge in [-0.15, -0.1) is 0 Å². The summed E-state index contributed by atoms with van der Waals surface area (Å²) in [6.45, 7) is 2.17. The van der Waals surface area contributed by atoms with Crippen LogP contribution >= 0.6 is 0 Å². The van der Waals surface area contributed by atoms with Crippen molar-refractivity contribution in [2.24, 2.45) is 0 Å². The highest BCUT2D eigenvalue weighted by Crippen LogP contribution is 2.13. The number of anilines is 2. The van der Waals surface area contributed by atoms with Crippen LogP contribution in [0.3, 0.4) is 0 Å². The maximum Gasteiger partial charge on any atom is 0.274 e. The van der Waals surface area contributed by atoms with Gasteiger partial charge in [0.25, 0.3) is 5.91 Å². The fourth-order valence-electron chi connectivity index (χ4n) is 2.23. The van der Waals surface area contributed by atoms with Gasteiger partial charge in [0.2, 0.25) is 0 Å². The van der Waals surface area contributed by atoms with E-state index in [1.165, 1.54) is 0 Å². The molecular weight excluding hydrogens is 318 g/mol. The van der Waals surface area contributed by atoms with Crippen molar-refractivity contribution in [2.75, 3.05) is 10.6 Å². The lowest BCUT2D eigenvalue weighted by Gasteiger charge is -2.08. The molecule has 2 aromatic heterocycles. The first-order valence-electron chi connectivity index (χ1n) is 7.57. The molecule has 2 heterocycles. The van der Waals surface area contributed by atoms with Crippen LogP contribution in [0.4, 0.5) is 11.5 Å². The molecule has 1 amide bonds. The Morgan fingerprint density at radius 3 is 2.88 bits per heavy atom. The average molecular weight is 333 g/mol. The molecular formula is C18H15N5O2. The number of carbonyl (C=O) groups excluding carboxylic acids is 1. The summed E-state index contributed by atoms with van der Waals surface area (Å²) in [5, 5.41) is 14.8. The maximum absolute atomic E-state index is 12.4. The minimum absolute atomic E-state index is 0.233. The topological polar surface area (TPSA) is 104 Å². The van der Waals surface area contributed by atoms with Crippen molar-refractivity contribution in [3.63, 3.8) is 0 Å². The Morgan fingerprint density at radius 2 is 2.12 bits per heavy atom. The number of nitriles is 1. The number of rotatable bonds is 5. The van der Waals surface area contributed by atoms with Gasteiger partial charge in [-0.2, -0.15) is 5.26 Å². The molecule has 7 heteroatoms. The predicted octanol–water partition coefficient (Wildman–Crippen LogP) is 3.11. The van der Waals surface area contributed by atoms with Crippen LogP contribution in [0.1, 0.15) is 27.6 Å². The largest absolute Gasteiger partial charge is 0.467 e. The van der Waals surface area contributed by atoms with Crippen LogP contribution in [-0.4, -0.2) is 15.9 Å². The van der Waals surface area contributed by atoms with Crippen LogP contribution in [0.25, 0.3) is 0 Å². The predicted molar refractivity (Wildman–Crippen MR) is 91.9 cm³/mol. The summed E-state index contributed by atoms with van der Waals surface area (Å²) in [6.07, 6.45) is 1.59. The molecule has 0 aliphatic rings. The molecule has 0 saturated heterocycles. The zero-order chi connectivity index (χ0) is 17.6. The summed E-state index contributed by atoms with van der Waals surface area (Å²) in [7, 11) is 0. The van der Waals surface area contributed by atoms with Crippen LogP contribution < -0.4 is 10.6 Å². The number of aryl methyl sites for hydroxylation is 1. The third-order valence-electron chi connectivity index (χ3n) is 3.34. The van der Waals surface area contributed by atoms with Gasteiger partial charge in [-0.05, 0) is 37.3 Å². The Labute approximate surface area is 144 Å². The van der Waals surface area contributed by atoms with Crippen molar-refractivity contribution in [3.05, 3.63) is 71.6 Å². The van der Waals surface area contributed by atoms with Crippen LogP contribution in [0.15, 0.2) is 53.1 Å². The van der Waals surface area contributed by atoms with Gasteiger partial charge < -0.3 is 15.1 Å². The average Bonchev–Trinajstić information content (AvgIpc) is 3.13. The molecule has 3 rings (SSSR count). The Bertz CT molecular complexity index is 929. The second kappa shape index (κ2) is 7.27. The number of carbonyl (C=O) groups is 1. The van der Waals surface area contributed by atoms with E-state index >= 15 is 0 Å². The van der Waals surface area contributed by atoms with Crippen LogP contribution in [0, 0.1) is 18.3 Å². The van der Waals surface area contributed by atoms with E-state index in [1.807, 2.05) is 12.1 Å². The summed E-state index contributed by atoms with van der Waals surface area (Å²) in [6, 6.07) is 13.9. The second-order valence-corrected chi connectivity index (χ2v) is 5.27. The molecule has 0 aliphatic heterocycles. The van der Waals surface area contributed by atoms with Gasteiger partial charge in [-0.1, -0.05) is 6.07 Å². The third-order valence-corrected chi connectivity index (χ3v) is 3.34. The molecule has 3 aromatic rings. The molecule has 0 unspecified atom stereocenters. The lowest BCUT2D eigenvalue weighted by molar-refractivity contribution is 0.102. The van der Waals surface area contributed by atoms with E-state index in [0.717, 1.165) is 5.76 Å². The molecule has 0 radical (unpaired) electrons. The van der Waals surface area contributed by atoms with E-state index in [2.05, 4.69) is 20.6 Å². The number of nitrogens with one attached hydrogen (secondary N) is 2. The van der Waals surface area contributed by atoms with Crippen molar-refractivity contribution in [1.29, 1.82) is 5.26 Å². The highest BCUT2D eigenvalue weighted by molar-refractivity contribution is 6.03. The van der Waals surface area contributed by atoms with E-state index in [-0.39, 0.29) is 11.6 Å². The molecule has 124 valence electrons. The molecule has 0 fully saturated rings. The van der Waals surface area contributed by atoms with E-state index in [1.54, 1.807) is 49.6 Å². The SMILES string of the molecule is Cc1nc(NCc2ccco2)cc(C(=O)Nc2cccc(C#N)c2)n1. The van der Waals surface area contributed by atoms with Crippen molar-refractivity contribution in [1.82, 2.24) is 9.97 Å². The summed E-state index contributed by atoms with van der Waals surface area (Å²) < 4.78 is 5.25. The lowest BCUT2D eigenvalue weighted by Crippen LogP contribution is -2.16. The van der Waals surface area contributed by atoms with Gasteiger partial charge in [0.05, 0.1) is 24.4 Å². The van der Waals surface area contributed by atoms with E-state index in [4.69, 9.17) is 9.68 Å². The molecule has 7 nitrogen and oxygen atoms in total. The summed E-state index contributed by atoms with van der Waals surface area (Å²) >= 11 is 0. The zero-order valence-electron chi connectivity index (χ0n) is 13.5. The standard InChI is InChI=1S/C18H15N5O2/c1-12-21-16(9-17(22-12)20-11-15-6-3-7-25-15)18(24)23-14-5-2-4-13(8-14)10-19/h2-9H,11H2,1H3,(H,23,24)(H,20,21,22). The van der Waals surface area contributed by atoms with E-state index in [9.17, 15) is 4.79 Å². The molecule has 0 saturated carbocycles. The fourth-order valence-corrected chi connectivity index (χ4v) is 2.23. The molecule has 0 aliphatic carbocycles. The number of hydrogen-bond donors (Lipinski definition) is 2. The van der Waals surface area contributed by atoms with Gasteiger partial charge in [0, 0.05) is 11.8 Å². The van der Waals surface area contributed by atoms with E-state index < -0.39 is 0 Å². The lowest BCUT2D eigenvalue weighted by atomic mass is 10.2. The van der Waals surface area contributed by atoms with Crippen molar-refractivity contribution >= 4 is 17.4 Å². The Kier molecular flexibility index (Phi) is 4.72. The minimum Gasteiger partial charge on any atom is -0.467 e. The second-order valence-electron chi connectivity index (χ2n) is 5.27. The Hall–Kier alpha value is -3.66. The summed E-state index contributed by atoms with van der Waals surface area (Å²) in [4.78, 5) is 20.8. The molecule has 0 atom stereocenters. The fraction of sp³-hybridized carbons (Fsp3) is 0.111. The number of hydrogen-bond acceptors (Lipinski definition) is 6. The van der Waals surface area contributed by atoms with Crippen LogP contribution in [0.5, 0.6) is 0 Å². The molecule has 0 bridgehead atoms. The van der Waals surface area contributed by atoms with Crippen molar-refractivity contribution < 1.29 is 9.21 Å². The molecule has 2 N–H and O–H groups in total. The zero-order valence-corrected chi connectivity index (χ0v) is 13.5. The quantitative estimate of drug-likeness (QED) is 0.743. The van der Waals surface area contributed by atoms with Gasteiger partial charge >= 0.3 is 0 Å². The first-order chi connectivity index (χ1) is 12.1. The summed E-state index contributed by atoms with van der Waals surface area (Å²) in [5.74, 6) is 1.39. The monoisotopic (exact) mass is 333 g/mol. The third kappa shape index (κ3) is 4.20. The summed E-state index contributed by atoms with van der Waals surface area (Å²) in [5.41, 5.74) is 1.24. The van der Waals surface area contributed by atoms with Gasteiger partial charge in [0.15, 0.2) is 0 Å². The normalized spacial score (nSPS) is 10.1. The van der Waals surface area contributed by atoms with Crippen molar-refractivity contribution in [3.8, 4) is 6.07 Å². The number of benzene rings is 1. The van der Waals surface area contributed by atoms with Gasteiger partial charge in [-0.25, -0.2) is 9.97 Å². The number of nitrogens with zero attached hydrogens (tertiary/aromatic N) is 3. The minimum atomic E-state index is -0.373. The first-order valence-corrected chi connectivity index (χ1v) is 7.57. The Balaban J connectivity index is 1.74. The smallest absolute Gasteiger partial charge is 0.274 e. The number of amides is 1. The number of aromatic nitrogens is 2. The van der Waals surface area contributed by atoms with Crippen molar-refractivity contribution in [2.45, 2.75) is 13.5 Å². The highest BCUT2D eigenvalue weighted by Gasteiger charge is 2.11. The van der Waals surface area contributed by atoms with E-state index in [0.29, 0.717) is 29.4 Å². The number of furan rings is 1. The Morgan fingerprint density at radius 1 is 1.24 bits per heavy atom. The van der Waals surface area contributed by atoms with Gasteiger partial charge in [-0.3, -0.25) is 4.79 Å². The molecule has 25 heavy (non-hydrogen) atoms. The molecule has 1 aromatic carbocycles. The first kappa shape index (κ1) is 16.2. The van der Waals surface area contributed by atoms with Crippen LogP contribution in [-0.2, 0) is 6.54 Å². The highest BCUT2D eigenvalue weighted by atomic mass is 16.3.